The van der Waals surface area contributed by atoms with Crippen LogP contribution in [0.1, 0.15) is 116 Å². The highest BCUT2D eigenvalue weighted by molar-refractivity contribution is 7.10. The minimum absolute atomic E-state index is 0.0589. The first-order valence-corrected chi connectivity index (χ1v) is 27.4. The van der Waals surface area contributed by atoms with Gasteiger partial charge in [0.05, 0.1) is 30.8 Å². The van der Waals surface area contributed by atoms with Crippen molar-refractivity contribution in [3.63, 3.8) is 0 Å². The predicted molar refractivity (Wildman–Crippen MR) is 291 cm³/mol. The smallest absolute Gasteiger partial charge is 0.416 e. The zero-order valence-corrected chi connectivity index (χ0v) is 45.6. The van der Waals surface area contributed by atoms with E-state index in [1.54, 1.807) is 102 Å². The van der Waals surface area contributed by atoms with Crippen molar-refractivity contribution in [1.82, 2.24) is 34.9 Å². The Morgan fingerprint density at radius 1 is 0.899 bits per heavy atom. The number of amides is 4. The van der Waals surface area contributed by atoms with Crippen molar-refractivity contribution in [2.75, 3.05) is 37.4 Å². The molecule has 3 atom stereocenters. The van der Waals surface area contributed by atoms with E-state index in [1.165, 1.54) is 35.4 Å². The number of fused-ring (bicyclic) bond motifs is 1. The van der Waals surface area contributed by atoms with Crippen molar-refractivity contribution < 1.29 is 51.4 Å². The maximum atomic E-state index is 14.6. The van der Waals surface area contributed by atoms with E-state index in [2.05, 4.69) is 15.4 Å². The molecule has 0 bridgehead atoms. The molecule has 3 aromatic carbocycles. The maximum Gasteiger partial charge on any atom is 0.416 e. The number of nitrogens with zero attached hydrogens (tertiary/aromatic N) is 7. The maximum absolute atomic E-state index is 14.6. The first-order valence-electron chi connectivity index (χ1n) is 26.5. The Balaban J connectivity index is 0.785. The number of ether oxygens (including phenoxy) is 3. The molecule has 0 radical (unpaired) electrons. The van der Waals surface area contributed by atoms with Crippen LogP contribution >= 0.6 is 11.3 Å². The summed E-state index contributed by atoms with van der Waals surface area (Å²) in [7, 11) is 1.51. The number of likely N-dealkylation sites (tertiary alicyclic amines) is 1. The second-order valence-electron chi connectivity index (χ2n) is 21.3. The molecule has 0 unspecified atom stereocenters. The third-order valence-electron chi connectivity index (χ3n) is 14.5. The molecule has 3 aromatic heterocycles. The van der Waals surface area contributed by atoms with Crippen molar-refractivity contribution in [2.45, 2.75) is 122 Å². The summed E-state index contributed by atoms with van der Waals surface area (Å²) in [5.41, 5.74) is 8.59. The van der Waals surface area contributed by atoms with Crippen molar-refractivity contribution >= 4 is 52.4 Å². The van der Waals surface area contributed by atoms with Crippen molar-refractivity contribution in [2.24, 2.45) is 5.92 Å². The molecule has 416 valence electrons. The van der Waals surface area contributed by atoms with Gasteiger partial charge >= 0.3 is 12.3 Å². The average molecular weight is 1100 g/mol. The number of likely N-dealkylation sites (N-methyl/N-ethyl adjacent to an activating group) is 1. The van der Waals surface area contributed by atoms with E-state index in [9.17, 15) is 37.1 Å². The van der Waals surface area contributed by atoms with Gasteiger partial charge in [-0.25, -0.2) is 14.8 Å². The van der Waals surface area contributed by atoms with E-state index in [0.717, 1.165) is 61.8 Å². The third kappa shape index (κ3) is 13.4. The monoisotopic (exact) mass is 1100 g/mol. The Morgan fingerprint density at radius 2 is 1.68 bits per heavy atom. The fourth-order valence-corrected chi connectivity index (χ4v) is 11.2. The van der Waals surface area contributed by atoms with Gasteiger partial charge < -0.3 is 35.1 Å². The molecule has 9 rings (SSSR count). The number of benzene rings is 3. The van der Waals surface area contributed by atoms with Gasteiger partial charge in [-0.05, 0) is 119 Å². The Kier molecular flexibility index (Phi) is 16.7. The second-order valence-corrected chi connectivity index (χ2v) is 22.2. The Hall–Kier alpha value is -7.81. The van der Waals surface area contributed by atoms with Crippen LogP contribution in [0.2, 0.25) is 0 Å². The van der Waals surface area contributed by atoms with Crippen LogP contribution in [-0.4, -0.2) is 104 Å². The molecule has 17 nitrogen and oxygen atoms in total. The van der Waals surface area contributed by atoms with Crippen LogP contribution in [0.25, 0.3) is 11.1 Å². The van der Waals surface area contributed by atoms with E-state index < -0.39 is 41.4 Å². The average Bonchev–Trinajstić information content (AvgIpc) is 4.48. The summed E-state index contributed by atoms with van der Waals surface area (Å²) in [6.45, 7) is 8.36. The number of carbonyl (C=O) groups is 5. The summed E-state index contributed by atoms with van der Waals surface area (Å²) in [5, 5.41) is 9.91. The largest absolute Gasteiger partial charge is 0.492 e. The molecule has 2 fully saturated rings. The van der Waals surface area contributed by atoms with Crippen LogP contribution in [0, 0.1) is 5.92 Å². The summed E-state index contributed by atoms with van der Waals surface area (Å²) in [6.07, 6.45) is 6.34. The molecule has 2 aliphatic heterocycles. The van der Waals surface area contributed by atoms with E-state index in [-0.39, 0.29) is 59.7 Å². The SMILES string of the molecule is C[C@@H](C(=O)N[C@H](C(=O)N1CCC[C@H]1c1nc(C(=O)c2cccc(OCCn3cc(-c4cnc(N)c(Oc5ccc6c(c5)CCN6C(=O)Cc5cccc(C(F)(F)F)c5)c4)cn3)c2)cs1)C1CCCCC1)N(C)C(=O)OC(C)(C)C. The van der Waals surface area contributed by atoms with Gasteiger partial charge in [-0.2, -0.15) is 18.3 Å². The minimum Gasteiger partial charge on any atom is -0.492 e. The molecular weight excluding hydrogens is 1040 g/mol. The van der Waals surface area contributed by atoms with Crippen LogP contribution in [0.3, 0.4) is 0 Å². The molecule has 0 spiro atoms. The zero-order chi connectivity index (χ0) is 56.2. The minimum atomic E-state index is -4.50. The van der Waals surface area contributed by atoms with E-state index in [0.29, 0.717) is 71.5 Å². The highest BCUT2D eigenvalue weighted by Crippen LogP contribution is 2.39. The molecule has 1 saturated heterocycles. The van der Waals surface area contributed by atoms with Crippen LogP contribution < -0.4 is 25.4 Å². The van der Waals surface area contributed by atoms with Crippen LogP contribution in [-0.2, 0) is 44.7 Å². The van der Waals surface area contributed by atoms with E-state index in [1.807, 2.05) is 12.3 Å². The van der Waals surface area contributed by atoms with Gasteiger partial charge in [-0.1, -0.05) is 49.6 Å². The number of rotatable bonds is 17. The number of pyridine rings is 1. The third-order valence-corrected chi connectivity index (χ3v) is 15.5. The van der Waals surface area contributed by atoms with Crippen LogP contribution in [0.4, 0.5) is 29.5 Å². The lowest BCUT2D eigenvalue weighted by molar-refractivity contribution is -0.140. The predicted octanol–water partition coefficient (Wildman–Crippen LogP) is 10.2. The summed E-state index contributed by atoms with van der Waals surface area (Å²) in [6, 6.07) is 16.7. The molecule has 4 amide bonds. The first-order chi connectivity index (χ1) is 37.7. The number of alkyl halides is 3. The highest BCUT2D eigenvalue weighted by Gasteiger charge is 2.41. The van der Waals surface area contributed by atoms with E-state index in [4.69, 9.17) is 24.9 Å². The number of nitrogen functional groups attached to an aromatic ring is 1. The van der Waals surface area contributed by atoms with Gasteiger partial charge in [0.15, 0.2) is 11.6 Å². The molecule has 1 saturated carbocycles. The fraction of sp³-hybridized carbons (Fsp3) is 0.414. The first kappa shape index (κ1) is 55.9. The van der Waals surface area contributed by atoms with Gasteiger partial charge in [0.1, 0.15) is 46.5 Å². The van der Waals surface area contributed by atoms with Crippen molar-refractivity contribution in [3.8, 4) is 28.4 Å². The van der Waals surface area contributed by atoms with E-state index >= 15 is 0 Å². The van der Waals surface area contributed by atoms with Crippen LogP contribution in [0.15, 0.2) is 96.8 Å². The Morgan fingerprint density at radius 3 is 2.46 bits per heavy atom. The quantitative estimate of drug-likeness (QED) is 0.0819. The van der Waals surface area contributed by atoms with Crippen molar-refractivity contribution in [1.29, 1.82) is 0 Å². The molecular formula is C58H64F3N9O8S. The molecule has 3 aliphatic rings. The number of nitrogens with one attached hydrogen (secondary N) is 1. The lowest BCUT2D eigenvalue weighted by Gasteiger charge is -2.36. The summed E-state index contributed by atoms with van der Waals surface area (Å²) >= 11 is 1.33. The van der Waals surface area contributed by atoms with Gasteiger partial charge in [0.25, 0.3) is 0 Å². The molecule has 5 heterocycles. The van der Waals surface area contributed by atoms with Gasteiger partial charge in [0.2, 0.25) is 23.5 Å². The molecule has 3 N–H and O–H groups in total. The molecule has 1 aliphatic carbocycles. The zero-order valence-electron chi connectivity index (χ0n) is 44.8. The normalized spacial score (nSPS) is 16.5. The van der Waals surface area contributed by atoms with Gasteiger partial charge in [-0.15, -0.1) is 11.3 Å². The number of carbonyl (C=O) groups excluding carboxylic acids is 5. The van der Waals surface area contributed by atoms with Crippen molar-refractivity contribution in [3.05, 3.63) is 130 Å². The summed E-state index contributed by atoms with van der Waals surface area (Å²) in [4.78, 5) is 82.0. The molecule has 21 heteroatoms. The van der Waals surface area contributed by atoms with Gasteiger partial charge in [0, 0.05) is 60.3 Å². The number of hydrogen-bond donors (Lipinski definition) is 2. The summed E-state index contributed by atoms with van der Waals surface area (Å²) < 4.78 is 59.3. The number of hydrogen-bond acceptors (Lipinski definition) is 13. The number of aromatic nitrogens is 4. The Labute approximate surface area is 460 Å². The number of halogens is 3. The molecule has 79 heavy (non-hydrogen) atoms. The lowest BCUT2D eigenvalue weighted by atomic mass is 9.83. The molecule has 6 aromatic rings. The number of anilines is 2. The Bertz CT molecular complexity index is 3220. The number of thiazole rings is 1. The lowest BCUT2D eigenvalue weighted by Crippen LogP contribution is -2.56. The topological polar surface area (TPSA) is 204 Å². The van der Waals surface area contributed by atoms with Crippen LogP contribution in [0.5, 0.6) is 17.2 Å². The second kappa shape index (κ2) is 23.7. The van der Waals surface area contributed by atoms with Gasteiger partial charge in [-0.3, -0.25) is 28.8 Å². The standard InChI is InChI=1S/C58H64F3N9O8S/c1-35(67(5)56(75)78-57(2,3)4)53(73)66-50(37-13-7-6-8-14-37)55(74)70-22-11-18-47(70)54-65-45(34-79-54)51(72)39-15-10-17-43(29-39)76-25-24-68-33-41(32-64-68)40-30-48(52(62)63-31-40)77-44-19-20-46-38(28-44)21-23-69(46)49(71)27-36-12-9-16-42(26-36)58(59,60)61/h9-10,12,15-17,19-20,26,28-35,37,47,50H,6-8,11,13-14,18,21-25,27H2,1-5H3,(H2,62,63)(H,66,73)/t35-,47-,50-/m0/s1. The summed E-state index contributed by atoms with van der Waals surface area (Å²) in [5.74, 6) is 0.142. The number of nitrogens with two attached hydrogens (primary N) is 1. The highest BCUT2D eigenvalue weighted by atomic mass is 32.1. The fourth-order valence-electron chi connectivity index (χ4n) is 10.2. The number of ketones is 1.